The second kappa shape index (κ2) is 8.04. The number of hydrogen-bond acceptors (Lipinski definition) is 8. The molecule has 9 heteroatoms. The first kappa shape index (κ1) is 19.1. The molecule has 1 atom stereocenters. The van der Waals surface area contributed by atoms with Crippen molar-refractivity contribution in [3.05, 3.63) is 48.0 Å². The maximum Gasteiger partial charge on any atom is 0.326 e. The first-order valence-electron chi connectivity index (χ1n) is 8.78. The number of carbonyl (C=O) groups excluding carboxylic acids is 1. The molecule has 1 aliphatic heterocycles. The molecule has 29 heavy (non-hydrogen) atoms. The number of aromatic nitrogens is 2. The van der Waals surface area contributed by atoms with Crippen LogP contribution in [0.1, 0.15) is 10.9 Å². The first-order chi connectivity index (χ1) is 14.2. The summed E-state index contributed by atoms with van der Waals surface area (Å²) < 4.78 is 22.1. The van der Waals surface area contributed by atoms with Gasteiger partial charge in [0, 0.05) is 5.56 Å². The largest absolute Gasteiger partial charge is 0.493 e. The van der Waals surface area contributed by atoms with Crippen molar-refractivity contribution in [2.75, 3.05) is 32.0 Å². The summed E-state index contributed by atoms with van der Waals surface area (Å²) >= 11 is 1.46. The average Bonchev–Trinajstić information content (AvgIpc) is 3.39. The molecule has 1 unspecified atom stereocenters. The normalized spacial score (nSPS) is 16.2. The van der Waals surface area contributed by atoms with Crippen LogP contribution in [0, 0.1) is 0 Å². The number of carbonyl (C=O) groups is 1. The van der Waals surface area contributed by atoms with E-state index in [2.05, 4.69) is 10.2 Å². The molecule has 1 amide bonds. The second-order valence-corrected chi connectivity index (χ2v) is 7.21. The highest BCUT2D eigenvalue weighted by Gasteiger charge is 2.38. The summed E-state index contributed by atoms with van der Waals surface area (Å²) in [7, 11) is 4.65. The highest BCUT2D eigenvalue weighted by Crippen LogP contribution is 2.47. The summed E-state index contributed by atoms with van der Waals surface area (Å²) in [4.78, 5) is 14.1. The molecule has 0 aliphatic carbocycles. The van der Waals surface area contributed by atoms with Gasteiger partial charge >= 0.3 is 6.01 Å². The number of nitrogens with zero attached hydrogens (tertiary/aromatic N) is 3. The standard InChI is InChI=1S/C20H19N3O5S/c1-25-14-9-13(10-15(26-2)17(14)27-3)19-23(16(24)11-29-19)20-22-21-18(28-20)12-7-5-4-6-8-12/h4-10,19H,11H2,1-3H3. The van der Waals surface area contributed by atoms with Crippen molar-refractivity contribution in [2.45, 2.75) is 5.37 Å². The lowest BCUT2D eigenvalue weighted by molar-refractivity contribution is -0.116. The molecule has 0 spiro atoms. The minimum atomic E-state index is -0.361. The molecule has 1 aliphatic rings. The van der Waals surface area contributed by atoms with Gasteiger partial charge in [0.1, 0.15) is 5.37 Å². The van der Waals surface area contributed by atoms with Crippen LogP contribution in [0.2, 0.25) is 0 Å². The number of benzene rings is 2. The van der Waals surface area contributed by atoms with E-state index in [-0.39, 0.29) is 17.3 Å². The van der Waals surface area contributed by atoms with Gasteiger partial charge in [0.25, 0.3) is 0 Å². The summed E-state index contributed by atoms with van der Waals surface area (Å²) in [5.41, 5.74) is 1.59. The molecule has 2 heterocycles. The zero-order valence-corrected chi connectivity index (χ0v) is 16.9. The smallest absolute Gasteiger partial charge is 0.326 e. The third-order valence-electron chi connectivity index (χ3n) is 4.48. The van der Waals surface area contributed by atoms with Crippen molar-refractivity contribution in [1.29, 1.82) is 0 Å². The molecule has 0 N–H and O–H groups in total. The quantitative estimate of drug-likeness (QED) is 0.606. The molecule has 150 valence electrons. The minimum Gasteiger partial charge on any atom is -0.493 e. The lowest BCUT2D eigenvalue weighted by Gasteiger charge is -2.22. The van der Waals surface area contributed by atoms with Crippen LogP contribution < -0.4 is 19.1 Å². The molecule has 1 fully saturated rings. The molecule has 0 bridgehead atoms. The Morgan fingerprint density at radius 2 is 1.72 bits per heavy atom. The van der Waals surface area contributed by atoms with Gasteiger partial charge in [0.2, 0.25) is 17.5 Å². The fourth-order valence-electron chi connectivity index (χ4n) is 3.13. The number of anilines is 1. The van der Waals surface area contributed by atoms with Crippen LogP contribution in [-0.4, -0.2) is 43.2 Å². The van der Waals surface area contributed by atoms with E-state index in [9.17, 15) is 4.79 Å². The zero-order chi connectivity index (χ0) is 20.4. The fourth-order valence-corrected chi connectivity index (χ4v) is 4.26. The monoisotopic (exact) mass is 413 g/mol. The summed E-state index contributed by atoms with van der Waals surface area (Å²) in [6, 6.07) is 13.2. The number of ether oxygens (including phenoxy) is 3. The first-order valence-corrected chi connectivity index (χ1v) is 9.83. The van der Waals surface area contributed by atoms with Crippen molar-refractivity contribution in [3.63, 3.8) is 0 Å². The fraction of sp³-hybridized carbons (Fsp3) is 0.250. The van der Waals surface area contributed by atoms with Gasteiger partial charge in [0.05, 0.1) is 27.1 Å². The van der Waals surface area contributed by atoms with Crippen LogP contribution in [-0.2, 0) is 4.79 Å². The van der Waals surface area contributed by atoms with Crippen LogP contribution in [0.4, 0.5) is 6.01 Å². The van der Waals surface area contributed by atoms with E-state index in [0.717, 1.165) is 11.1 Å². The van der Waals surface area contributed by atoms with Crippen LogP contribution in [0.25, 0.3) is 11.5 Å². The number of amides is 1. The Kier molecular flexibility index (Phi) is 5.30. The van der Waals surface area contributed by atoms with Crippen molar-refractivity contribution >= 4 is 23.7 Å². The Balaban J connectivity index is 1.72. The molecular weight excluding hydrogens is 394 g/mol. The minimum absolute atomic E-state index is 0.114. The van der Waals surface area contributed by atoms with Crippen LogP contribution in [0.15, 0.2) is 46.9 Å². The van der Waals surface area contributed by atoms with Gasteiger partial charge in [-0.1, -0.05) is 23.3 Å². The van der Waals surface area contributed by atoms with E-state index >= 15 is 0 Å². The number of thioether (sulfide) groups is 1. The Bertz CT molecular complexity index is 999. The molecule has 1 saturated heterocycles. The van der Waals surface area contributed by atoms with Gasteiger partial charge in [-0.3, -0.25) is 4.79 Å². The lowest BCUT2D eigenvalue weighted by Crippen LogP contribution is -2.28. The highest BCUT2D eigenvalue weighted by atomic mass is 32.2. The van der Waals surface area contributed by atoms with E-state index in [1.54, 1.807) is 21.3 Å². The third kappa shape index (κ3) is 3.49. The molecular formula is C20H19N3O5S. The van der Waals surface area contributed by atoms with Crippen LogP contribution >= 0.6 is 11.8 Å². The Morgan fingerprint density at radius 3 is 2.34 bits per heavy atom. The molecule has 2 aromatic carbocycles. The molecule has 4 rings (SSSR count). The Labute approximate surface area is 171 Å². The van der Waals surface area contributed by atoms with E-state index in [1.165, 1.54) is 16.7 Å². The topological polar surface area (TPSA) is 86.9 Å². The molecule has 0 saturated carbocycles. The van der Waals surface area contributed by atoms with E-state index in [1.807, 2.05) is 42.5 Å². The molecule has 0 radical (unpaired) electrons. The Hall–Kier alpha value is -3.20. The second-order valence-electron chi connectivity index (χ2n) is 6.14. The predicted molar refractivity (Wildman–Crippen MR) is 109 cm³/mol. The van der Waals surface area contributed by atoms with E-state index < -0.39 is 0 Å². The van der Waals surface area contributed by atoms with Gasteiger partial charge in [-0.2, -0.15) is 0 Å². The van der Waals surface area contributed by atoms with Gasteiger partial charge in [-0.25, -0.2) is 4.90 Å². The number of hydrogen-bond donors (Lipinski definition) is 0. The third-order valence-corrected chi connectivity index (χ3v) is 5.69. The average molecular weight is 413 g/mol. The predicted octanol–water partition coefficient (Wildman–Crippen LogP) is 3.54. The zero-order valence-electron chi connectivity index (χ0n) is 16.1. The summed E-state index contributed by atoms with van der Waals surface area (Å²) in [5, 5.41) is 7.85. The molecule has 1 aromatic heterocycles. The lowest BCUT2D eigenvalue weighted by atomic mass is 10.1. The molecule has 8 nitrogen and oxygen atoms in total. The van der Waals surface area contributed by atoms with Gasteiger partial charge in [-0.15, -0.1) is 16.9 Å². The van der Waals surface area contributed by atoms with Crippen molar-refractivity contribution < 1.29 is 23.4 Å². The SMILES string of the molecule is COc1cc(C2SCC(=O)N2c2nnc(-c3ccccc3)o2)cc(OC)c1OC. The summed E-state index contributed by atoms with van der Waals surface area (Å²) in [6.45, 7) is 0. The maximum absolute atomic E-state index is 12.6. The van der Waals surface area contributed by atoms with Gasteiger partial charge in [0.15, 0.2) is 11.5 Å². The molecule has 3 aromatic rings. The van der Waals surface area contributed by atoms with Crippen LogP contribution in [0.3, 0.4) is 0 Å². The van der Waals surface area contributed by atoms with Gasteiger partial charge in [-0.05, 0) is 29.8 Å². The Morgan fingerprint density at radius 1 is 1.03 bits per heavy atom. The van der Waals surface area contributed by atoms with Crippen LogP contribution in [0.5, 0.6) is 17.2 Å². The van der Waals surface area contributed by atoms with Gasteiger partial charge < -0.3 is 18.6 Å². The van der Waals surface area contributed by atoms with E-state index in [0.29, 0.717) is 28.9 Å². The van der Waals surface area contributed by atoms with Crippen molar-refractivity contribution in [1.82, 2.24) is 10.2 Å². The van der Waals surface area contributed by atoms with E-state index in [4.69, 9.17) is 18.6 Å². The highest BCUT2D eigenvalue weighted by molar-refractivity contribution is 8.00. The van der Waals surface area contributed by atoms with Crippen molar-refractivity contribution in [3.8, 4) is 28.7 Å². The number of methoxy groups -OCH3 is 3. The maximum atomic E-state index is 12.6. The summed E-state index contributed by atoms with van der Waals surface area (Å²) in [5.74, 6) is 2.05. The van der Waals surface area contributed by atoms with Crippen molar-refractivity contribution in [2.24, 2.45) is 0 Å². The number of rotatable bonds is 6. The summed E-state index contributed by atoms with van der Waals surface area (Å²) in [6.07, 6.45) is 0.